The van der Waals surface area contributed by atoms with Gasteiger partial charge in [0.15, 0.2) is 5.82 Å². The fourth-order valence-corrected chi connectivity index (χ4v) is 2.83. The maximum Gasteiger partial charge on any atom is 0.213 e. The van der Waals surface area contributed by atoms with Gasteiger partial charge in [-0.1, -0.05) is 36.4 Å². The van der Waals surface area contributed by atoms with E-state index in [1.54, 1.807) is 20.3 Å². The molecule has 0 fully saturated rings. The predicted molar refractivity (Wildman–Crippen MR) is 101 cm³/mol. The first-order chi connectivity index (χ1) is 12.8. The molecular weight excluding hydrogens is 326 g/mol. The summed E-state index contributed by atoms with van der Waals surface area (Å²) < 4.78 is 10.6. The molecule has 0 aliphatic heterocycles. The molecule has 0 bridgehead atoms. The summed E-state index contributed by atoms with van der Waals surface area (Å²) in [5.74, 6) is 1.87. The summed E-state index contributed by atoms with van der Waals surface area (Å²) in [7, 11) is 3.25. The third kappa shape index (κ3) is 2.95. The second kappa shape index (κ2) is 6.80. The van der Waals surface area contributed by atoms with Crippen LogP contribution in [0, 0.1) is 0 Å². The number of fused-ring (bicyclic) bond motifs is 1. The van der Waals surface area contributed by atoms with E-state index in [1.807, 2.05) is 60.7 Å². The monoisotopic (exact) mass is 343 g/mol. The number of pyridine rings is 1. The van der Waals surface area contributed by atoms with Gasteiger partial charge in [-0.3, -0.25) is 0 Å². The molecule has 0 spiro atoms. The lowest BCUT2D eigenvalue weighted by Crippen LogP contribution is -1.98. The fraction of sp³-hybridized carbons (Fsp3) is 0.0952. The molecule has 0 atom stereocenters. The van der Waals surface area contributed by atoms with E-state index in [-0.39, 0.29) is 0 Å². The Balaban J connectivity index is 1.96. The number of nitrogens with zero attached hydrogens (tertiary/aromatic N) is 3. The maximum absolute atomic E-state index is 5.36. The molecule has 4 rings (SSSR count). The van der Waals surface area contributed by atoms with Gasteiger partial charge in [0.2, 0.25) is 5.88 Å². The van der Waals surface area contributed by atoms with E-state index >= 15 is 0 Å². The van der Waals surface area contributed by atoms with E-state index in [2.05, 4.69) is 9.97 Å². The number of ether oxygens (including phenoxy) is 2. The smallest absolute Gasteiger partial charge is 0.213 e. The molecule has 5 heteroatoms. The van der Waals surface area contributed by atoms with Gasteiger partial charge < -0.3 is 9.47 Å². The summed E-state index contributed by atoms with van der Waals surface area (Å²) in [5, 5.41) is 0.979. The SMILES string of the molecule is COc1cccc(-c2nc(-c3cccc(OC)n3)nc3ccccc23)c1. The van der Waals surface area contributed by atoms with Crippen molar-refractivity contribution in [3.63, 3.8) is 0 Å². The zero-order valence-corrected chi connectivity index (χ0v) is 14.5. The van der Waals surface area contributed by atoms with Gasteiger partial charge in [-0.15, -0.1) is 0 Å². The normalized spacial score (nSPS) is 10.7. The number of benzene rings is 2. The Morgan fingerprint density at radius 3 is 2.42 bits per heavy atom. The Morgan fingerprint density at radius 1 is 0.731 bits per heavy atom. The van der Waals surface area contributed by atoms with E-state index in [1.165, 1.54) is 0 Å². The van der Waals surface area contributed by atoms with Crippen molar-refractivity contribution in [3.05, 3.63) is 66.7 Å². The van der Waals surface area contributed by atoms with Crippen LogP contribution in [0.3, 0.4) is 0 Å². The number of hydrogen-bond acceptors (Lipinski definition) is 5. The van der Waals surface area contributed by atoms with E-state index in [4.69, 9.17) is 14.5 Å². The van der Waals surface area contributed by atoms with E-state index in [0.717, 1.165) is 27.9 Å². The molecule has 26 heavy (non-hydrogen) atoms. The average Bonchev–Trinajstić information content (AvgIpc) is 2.73. The van der Waals surface area contributed by atoms with Crippen LogP contribution in [0.5, 0.6) is 11.6 Å². The van der Waals surface area contributed by atoms with Crippen LogP contribution < -0.4 is 9.47 Å². The second-order valence-electron chi connectivity index (χ2n) is 5.71. The minimum atomic E-state index is 0.530. The second-order valence-corrected chi connectivity index (χ2v) is 5.71. The van der Waals surface area contributed by atoms with Crippen molar-refractivity contribution in [2.75, 3.05) is 14.2 Å². The molecule has 4 aromatic rings. The Kier molecular flexibility index (Phi) is 4.19. The molecule has 0 saturated heterocycles. The van der Waals surface area contributed by atoms with Crippen molar-refractivity contribution in [1.82, 2.24) is 15.0 Å². The summed E-state index contributed by atoms with van der Waals surface area (Å²) in [6.07, 6.45) is 0. The summed E-state index contributed by atoms with van der Waals surface area (Å²) in [5.41, 5.74) is 3.33. The largest absolute Gasteiger partial charge is 0.497 e. The highest BCUT2D eigenvalue weighted by Gasteiger charge is 2.13. The number of hydrogen-bond donors (Lipinski definition) is 0. The van der Waals surface area contributed by atoms with Gasteiger partial charge in [0.25, 0.3) is 0 Å². The highest BCUT2D eigenvalue weighted by atomic mass is 16.5. The van der Waals surface area contributed by atoms with Gasteiger partial charge >= 0.3 is 0 Å². The third-order valence-corrected chi connectivity index (χ3v) is 4.11. The van der Waals surface area contributed by atoms with Crippen LogP contribution in [-0.4, -0.2) is 29.2 Å². The molecule has 0 N–H and O–H groups in total. The van der Waals surface area contributed by atoms with Crippen molar-refractivity contribution in [2.45, 2.75) is 0 Å². The molecule has 2 aromatic carbocycles. The van der Waals surface area contributed by atoms with Gasteiger partial charge in [0.1, 0.15) is 11.4 Å². The van der Waals surface area contributed by atoms with Crippen molar-refractivity contribution in [1.29, 1.82) is 0 Å². The van der Waals surface area contributed by atoms with Crippen molar-refractivity contribution >= 4 is 10.9 Å². The predicted octanol–water partition coefficient (Wildman–Crippen LogP) is 4.38. The highest BCUT2D eigenvalue weighted by Crippen LogP contribution is 2.30. The zero-order valence-electron chi connectivity index (χ0n) is 14.5. The fourth-order valence-electron chi connectivity index (χ4n) is 2.83. The van der Waals surface area contributed by atoms with Crippen molar-refractivity contribution in [3.8, 4) is 34.4 Å². The van der Waals surface area contributed by atoms with Gasteiger partial charge in [-0.2, -0.15) is 0 Å². The lowest BCUT2D eigenvalue weighted by Gasteiger charge is -2.10. The number of methoxy groups -OCH3 is 2. The summed E-state index contributed by atoms with van der Waals surface area (Å²) in [4.78, 5) is 14.0. The molecule has 0 unspecified atom stereocenters. The lowest BCUT2D eigenvalue weighted by atomic mass is 10.1. The van der Waals surface area contributed by atoms with Gasteiger partial charge in [-0.25, -0.2) is 15.0 Å². The van der Waals surface area contributed by atoms with Crippen LogP contribution in [0.2, 0.25) is 0 Å². The number of para-hydroxylation sites is 1. The minimum absolute atomic E-state index is 0.530. The van der Waals surface area contributed by atoms with Crippen LogP contribution in [0.1, 0.15) is 0 Å². The molecule has 5 nitrogen and oxygen atoms in total. The Morgan fingerprint density at radius 2 is 1.58 bits per heavy atom. The molecule has 0 aliphatic rings. The number of aromatic nitrogens is 3. The van der Waals surface area contributed by atoms with Gasteiger partial charge in [0, 0.05) is 17.0 Å². The summed E-state index contributed by atoms with van der Waals surface area (Å²) in [6, 6.07) is 21.4. The zero-order chi connectivity index (χ0) is 17.9. The summed E-state index contributed by atoms with van der Waals surface area (Å²) in [6.45, 7) is 0. The first-order valence-corrected chi connectivity index (χ1v) is 8.21. The lowest BCUT2D eigenvalue weighted by molar-refractivity contribution is 0.398. The Labute approximate surface area is 151 Å². The van der Waals surface area contributed by atoms with Crippen LogP contribution >= 0.6 is 0 Å². The third-order valence-electron chi connectivity index (χ3n) is 4.11. The van der Waals surface area contributed by atoms with Crippen molar-refractivity contribution < 1.29 is 9.47 Å². The molecule has 0 saturated carbocycles. The molecule has 2 heterocycles. The molecule has 0 amide bonds. The van der Waals surface area contributed by atoms with E-state index in [9.17, 15) is 0 Å². The van der Waals surface area contributed by atoms with Crippen LogP contribution in [0.4, 0.5) is 0 Å². The van der Waals surface area contributed by atoms with Crippen LogP contribution in [-0.2, 0) is 0 Å². The molecular formula is C21H17N3O2. The molecule has 128 valence electrons. The van der Waals surface area contributed by atoms with Crippen LogP contribution in [0.25, 0.3) is 33.7 Å². The Hall–Kier alpha value is -3.47. The highest BCUT2D eigenvalue weighted by molar-refractivity contribution is 5.93. The average molecular weight is 343 g/mol. The first-order valence-electron chi connectivity index (χ1n) is 8.21. The van der Waals surface area contributed by atoms with Gasteiger partial charge in [-0.05, 0) is 24.3 Å². The van der Waals surface area contributed by atoms with Crippen molar-refractivity contribution in [2.24, 2.45) is 0 Å². The molecule has 0 radical (unpaired) electrons. The topological polar surface area (TPSA) is 57.1 Å². The van der Waals surface area contributed by atoms with Gasteiger partial charge in [0.05, 0.1) is 25.4 Å². The quantitative estimate of drug-likeness (QED) is 0.550. The van der Waals surface area contributed by atoms with E-state index in [0.29, 0.717) is 17.4 Å². The minimum Gasteiger partial charge on any atom is -0.497 e. The number of rotatable bonds is 4. The standard InChI is InChI=1S/C21H17N3O2/c1-25-15-8-5-7-14(13-15)20-16-9-3-4-10-17(16)23-21(24-20)18-11-6-12-19(22-18)26-2/h3-13H,1-2H3. The first kappa shape index (κ1) is 16.0. The van der Waals surface area contributed by atoms with E-state index < -0.39 is 0 Å². The van der Waals surface area contributed by atoms with Crippen LogP contribution in [0.15, 0.2) is 66.7 Å². The molecule has 2 aromatic heterocycles. The Bertz CT molecular complexity index is 1080. The summed E-state index contributed by atoms with van der Waals surface area (Å²) >= 11 is 0. The molecule has 0 aliphatic carbocycles. The maximum atomic E-state index is 5.36.